The summed E-state index contributed by atoms with van der Waals surface area (Å²) in [5.74, 6) is 0.794. The summed E-state index contributed by atoms with van der Waals surface area (Å²) in [6.45, 7) is 9.88. The molecule has 0 fully saturated rings. The summed E-state index contributed by atoms with van der Waals surface area (Å²) in [6, 6.07) is 4.57. The number of nitrogens with one attached hydrogen (secondary N) is 1. The van der Waals surface area contributed by atoms with Crippen molar-refractivity contribution in [2.75, 3.05) is 6.54 Å². The lowest BCUT2D eigenvalue weighted by Crippen LogP contribution is -2.22. The summed E-state index contributed by atoms with van der Waals surface area (Å²) in [5.41, 5.74) is 2.51. The average Bonchev–Trinajstić information content (AvgIpc) is 2.28. The molecular formula is C15H26N2. The van der Waals surface area contributed by atoms with Crippen molar-refractivity contribution in [2.45, 2.75) is 53.0 Å². The number of nitrogens with zero attached hydrogens (tertiary/aromatic N) is 1. The van der Waals surface area contributed by atoms with Crippen LogP contribution in [0.5, 0.6) is 0 Å². The van der Waals surface area contributed by atoms with E-state index >= 15 is 0 Å². The van der Waals surface area contributed by atoms with Gasteiger partial charge in [-0.25, -0.2) is 0 Å². The zero-order valence-electron chi connectivity index (χ0n) is 11.7. The van der Waals surface area contributed by atoms with Crippen molar-refractivity contribution in [3.8, 4) is 0 Å². The highest BCUT2D eigenvalue weighted by molar-refractivity contribution is 5.21. The van der Waals surface area contributed by atoms with Gasteiger partial charge in [-0.1, -0.05) is 39.7 Å². The first-order valence-electron chi connectivity index (χ1n) is 6.80. The molecule has 1 N–H and O–H groups in total. The van der Waals surface area contributed by atoms with Gasteiger partial charge in [-0.05, 0) is 37.4 Å². The second kappa shape index (κ2) is 7.44. The highest BCUT2D eigenvalue weighted by Gasteiger charge is 2.13. The van der Waals surface area contributed by atoms with Crippen molar-refractivity contribution in [3.05, 3.63) is 29.6 Å². The lowest BCUT2D eigenvalue weighted by molar-refractivity contribution is 0.447. The Morgan fingerprint density at radius 3 is 2.65 bits per heavy atom. The topological polar surface area (TPSA) is 24.9 Å². The van der Waals surface area contributed by atoms with E-state index in [-0.39, 0.29) is 0 Å². The van der Waals surface area contributed by atoms with E-state index in [2.05, 4.69) is 44.1 Å². The van der Waals surface area contributed by atoms with E-state index in [4.69, 9.17) is 0 Å². The number of aryl methyl sites for hydroxylation is 1. The van der Waals surface area contributed by atoms with Crippen molar-refractivity contribution in [2.24, 2.45) is 5.92 Å². The second-order valence-corrected chi connectivity index (χ2v) is 5.14. The molecule has 17 heavy (non-hydrogen) atoms. The Kier molecular flexibility index (Phi) is 6.20. The zero-order chi connectivity index (χ0) is 12.7. The van der Waals surface area contributed by atoms with E-state index in [1.54, 1.807) is 0 Å². The van der Waals surface area contributed by atoms with E-state index in [1.165, 1.54) is 30.5 Å². The first-order valence-corrected chi connectivity index (χ1v) is 6.80. The Morgan fingerprint density at radius 1 is 1.29 bits per heavy atom. The lowest BCUT2D eigenvalue weighted by Gasteiger charge is -2.19. The third kappa shape index (κ3) is 4.86. The van der Waals surface area contributed by atoms with Crippen LogP contribution in [0, 0.1) is 12.8 Å². The predicted molar refractivity (Wildman–Crippen MR) is 74.1 cm³/mol. The molecule has 0 amide bonds. The number of rotatable bonds is 7. The highest BCUT2D eigenvalue weighted by atomic mass is 14.9. The molecule has 1 aromatic heterocycles. The molecule has 1 heterocycles. The van der Waals surface area contributed by atoms with Crippen LogP contribution in [0.1, 0.15) is 57.3 Å². The Hall–Kier alpha value is -0.890. The van der Waals surface area contributed by atoms with E-state index in [1.807, 2.05) is 12.3 Å². The quantitative estimate of drug-likeness (QED) is 0.774. The van der Waals surface area contributed by atoms with Crippen LogP contribution >= 0.6 is 0 Å². The Balaban J connectivity index is 2.62. The number of hydrogen-bond acceptors (Lipinski definition) is 2. The van der Waals surface area contributed by atoms with E-state index < -0.39 is 0 Å². The Morgan fingerprint density at radius 2 is 2.06 bits per heavy atom. The van der Waals surface area contributed by atoms with Gasteiger partial charge in [0.25, 0.3) is 0 Å². The smallest absolute Gasteiger partial charge is 0.0602 e. The van der Waals surface area contributed by atoms with Gasteiger partial charge >= 0.3 is 0 Å². The van der Waals surface area contributed by atoms with E-state index in [0.29, 0.717) is 6.04 Å². The second-order valence-electron chi connectivity index (χ2n) is 5.14. The monoisotopic (exact) mass is 234 g/mol. The minimum absolute atomic E-state index is 0.417. The van der Waals surface area contributed by atoms with Crippen LogP contribution in [0.15, 0.2) is 18.3 Å². The maximum atomic E-state index is 4.53. The van der Waals surface area contributed by atoms with Crippen LogP contribution in [-0.4, -0.2) is 11.5 Å². The first-order chi connectivity index (χ1) is 8.15. The molecule has 0 spiro atoms. The van der Waals surface area contributed by atoms with Crippen LogP contribution < -0.4 is 5.32 Å². The van der Waals surface area contributed by atoms with E-state index in [0.717, 1.165) is 12.5 Å². The molecule has 0 saturated heterocycles. The molecule has 1 atom stereocenters. The van der Waals surface area contributed by atoms with Gasteiger partial charge in [0.05, 0.1) is 5.69 Å². The van der Waals surface area contributed by atoms with E-state index in [9.17, 15) is 0 Å². The van der Waals surface area contributed by atoms with Crippen LogP contribution in [0.25, 0.3) is 0 Å². The summed E-state index contributed by atoms with van der Waals surface area (Å²) in [6.07, 6.45) is 5.65. The summed E-state index contributed by atoms with van der Waals surface area (Å²) in [4.78, 5) is 4.53. The van der Waals surface area contributed by atoms with Gasteiger partial charge in [-0.3, -0.25) is 4.98 Å². The summed E-state index contributed by atoms with van der Waals surface area (Å²) < 4.78 is 0. The first kappa shape index (κ1) is 14.2. The third-order valence-corrected chi connectivity index (χ3v) is 3.10. The van der Waals surface area contributed by atoms with Crippen molar-refractivity contribution < 1.29 is 0 Å². The number of pyridine rings is 1. The maximum Gasteiger partial charge on any atom is 0.0602 e. The predicted octanol–water partition coefficient (Wildman–Crippen LogP) is 3.87. The zero-order valence-corrected chi connectivity index (χ0v) is 11.7. The molecular weight excluding hydrogens is 208 g/mol. The normalized spacial score (nSPS) is 13.0. The van der Waals surface area contributed by atoms with Crippen molar-refractivity contribution >= 4 is 0 Å². The summed E-state index contributed by atoms with van der Waals surface area (Å²) in [7, 11) is 0. The van der Waals surface area contributed by atoms with Crippen molar-refractivity contribution in [3.63, 3.8) is 0 Å². The van der Waals surface area contributed by atoms with Crippen molar-refractivity contribution in [1.29, 1.82) is 0 Å². The third-order valence-electron chi connectivity index (χ3n) is 3.10. The van der Waals surface area contributed by atoms with Gasteiger partial charge in [0, 0.05) is 12.2 Å². The van der Waals surface area contributed by atoms with Crippen LogP contribution in [0.2, 0.25) is 0 Å². The number of aromatic nitrogens is 1. The van der Waals surface area contributed by atoms with Gasteiger partial charge in [-0.15, -0.1) is 0 Å². The van der Waals surface area contributed by atoms with Gasteiger partial charge in [-0.2, -0.15) is 0 Å². The Labute approximate surface area is 106 Å². The lowest BCUT2D eigenvalue weighted by atomic mass is 9.99. The SMILES string of the molecule is CCNC(CCCC(C)C)c1ncccc1C. The molecule has 0 aliphatic rings. The fraction of sp³-hybridized carbons (Fsp3) is 0.667. The molecule has 1 aromatic rings. The standard InChI is InChI=1S/C15H26N2/c1-5-16-14(10-6-8-12(2)3)15-13(4)9-7-11-17-15/h7,9,11-12,14,16H,5-6,8,10H2,1-4H3. The minimum atomic E-state index is 0.417. The molecule has 2 nitrogen and oxygen atoms in total. The van der Waals surface area contributed by atoms with Gasteiger partial charge in [0.15, 0.2) is 0 Å². The molecule has 0 radical (unpaired) electrons. The molecule has 0 saturated carbocycles. The molecule has 96 valence electrons. The Bertz CT molecular complexity index is 320. The molecule has 0 aliphatic heterocycles. The fourth-order valence-corrected chi connectivity index (χ4v) is 2.17. The van der Waals surface area contributed by atoms with Crippen LogP contribution in [0.3, 0.4) is 0 Å². The van der Waals surface area contributed by atoms with Crippen molar-refractivity contribution in [1.82, 2.24) is 10.3 Å². The molecule has 1 unspecified atom stereocenters. The average molecular weight is 234 g/mol. The molecule has 1 rings (SSSR count). The van der Waals surface area contributed by atoms with Gasteiger partial charge < -0.3 is 5.32 Å². The molecule has 2 heteroatoms. The summed E-state index contributed by atoms with van der Waals surface area (Å²) >= 11 is 0. The highest BCUT2D eigenvalue weighted by Crippen LogP contribution is 2.21. The summed E-state index contributed by atoms with van der Waals surface area (Å²) in [5, 5.41) is 3.55. The fourth-order valence-electron chi connectivity index (χ4n) is 2.17. The maximum absolute atomic E-state index is 4.53. The minimum Gasteiger partial charge on any atom is -0.309 e. The molecule has 0 bridgehead atoms. The molecule has 0 aliphatic carbocycles. The van der Waals surface area contributed by atoms with Crippen LogP contribution in [-0.2, 0) is 0 Å². The molecule has 0 aromatic carbocycles. The van der Waals surface area contributed by atoms with Crippen LogP contribution in [0.4, 0.5) is 0 Å². The largest absolute Gasteiger partial charge is 0.309 e. The van der Waals surface area contributed by atoms with Gasteiger partial charge in [0.2, 0.25) is 0 Å². The number of hydrogen-bond donors (Lipinski definition) is 1. The van der Waals surface area contributed by atoms with Gasteiger partial charge in [0.1, 0.15) is 0 Å².